The molecule has 0 saturated carbocycles. The van der Waals surface area contributed by atoms with Crippen molar-refractivity contribution in [3.63, 3.8) is 0 Å². The Bertz CT molecular complexity index is 855. The number of methoxy groups -OCH3 is 2. The molecule has 0 aliphatic rings. The first-order valence-electron chi connectivity index (χ1n) is 7.82. The molecule has 0 aliphatic heterocycles. The monoisotopic (exact) mass is 379 g/mol. The minimum absolute atomic E-state index is 0.0790. The van der Waals surface area contributed by atoms with Crippen molar-refractivity contribution in [2.75, 3.05) is 25.1 Å². The van der Waals surface area contributed by atoms with Crippen molar-refractivity contribution in [1.29, 1.82) is 0 Å². The van der Waals surface area contributed by atoms with Crippen LogP contribution < -0.4 is 13.8 Å². The van der Waals surface area contributed by atoms with E-state index in [1.54, 1.807) is 18.2 Å². The van der Waals surface area contributed by atoms with Crippen LogP contribution in [0, 0.1) is 6.92 Å². The van der Waals surface area contributed by atoms with E-state index in [-0.39, 0.29) is 23.5 Å². The van der Waals surface area contributed by atoms with Crippen molar-refractivity contribution >= 4 is 21.7 Å². The van der Waals surface area contributed by atoms with Gasteiger partial charge in [-0.1, -0.05) is 17.7 Å². The van der Waals surface area contributed by atoms with Crippen molar-refractivity contribution in [2.45, 2.75) is 18.2 Å². The predicted molar refractivity (Wildman–Crippen MR) is 97.5 cm³/mol. The molecule has 0 heterocycles. The van der Waals surface area contributed by atoms with Gasteiger partial charge in [-0.25, -0.2) is 8.42 Å². The molecule has 26 heavy (non-hydrogen) atoms. The third-order valence-corrected chi connectivity index (χ3v) is 5.60. The maximum Gasteiger partial charge on any atom is 0.305 e. The highest BCUT2D eigenvalue weighted by atomic mass is 32.2. The Kier molecular flexibility index (Phi) is 6.10. The summed E-state index contributed by atoms with van der Waals surface area (Å²) in [6, 6.07) is 11.0. The van der Waals surface area contributed by atoms with Crippen LogP contribution in [0.2, 0.25) is 0 Å². The highest BCUT2D eigenvalue weighted by molar-refractivity contribution is 7.92. The molecule has 0 saturated heterocycles. The number of aliphatic carboxylic acids is 1. The zero-order chi connectivity index (χ0) is 19.3. The lowest BCUT2D eigenvalue weighted by atomic mass is 10.2. The van der Waals surface area contributed by atoms with Gasteiger partial charge in [-0.2, -0.15) is 0 Å². The third-order valence-electron chi connectivity index (χ3n) is 3.76. The van der Waals surface area contributed by atoms with E-state index < -0.39 is 16.0 Å². The lowest BCUT2D eigenvalue weighted by Crippen LogP contribution is -2.33. The van der Waals surface area contributed by atoms with Gasteiger partial charge in [-0.05, 0) is 19.1 Å². The maximum atomic E-state index is 13.1. The van der Waals surface area contributed by atoms with Gasteiger partial charge in [0.05, 0.1) is 31.2 Å². The van der Waals surface area contributed by atoms with Crippen molar-refractivity contribution < 1.29 is 27.8 Å². The third kappa shape index (κ3) is 4.45. The van der Waals surface area contributed by atoms with E-state index in [1.165, 1.54) is 38.5 Å². The first-order chi connectivity index (χ1) is 12.3. The van der Waals surface area contributed by atoms with Gasteiger partial charge >= 0.3 is 5.97 Å². The lowest BCUT2D eigenvalue weighted by Gasteiger charge is -2.25. The number of sulfonamides is 1. The Labute approximate surface area is 152 Å². The largest absolute Gasteiger partial charge is 0.497 e. The molecular weight excluding hydrogens is 358 g/mol. The fourth-order valence-corrected chi connectivity index (χ4v) is 3.81. The molecule has 2 rings (SSSR count). The summed E-state index contributed by atoms with van der Waals surface area (Å²) in [6.07, 6.45) is -0.343. The van der Waals surface area contributed by atoms with Crippen molar-refractivity contribution in [1.82, 2.24) is 0 Å². The van der Waals surface area contributed by atoms with E-state index >= 15 is 0 Å². The van der Waals surface area contributed by atoms with E-state index in [1.807, 2.05) is 6.92 Å². The first kappa shape index (κ1) is 19.6. The molecule has 0 aromatic heterocycles. The normalized spacial score (nSPS) is 11.0. The first-order valence-corrected chi connectivity index (χ1v) is 9.26. The van der Waals surface area contributed by atoms with Crippen LogP contribution in [0.15, 0.2) is 47.4 Å². The SMILES string of the molecule is COc1cc(OC)cc(N(CCC(=O)O)S(=O)(=O)c2ccc(C)cc2)c1. The molecule has 0 spiro atoms. The summed E-state index contributed by atoms with van der Waals surface area (Å²) >= 11 is 0. The number of anilines is 1. The average molecular weight is 379 g/mol. The number of benzene rings is 2. The van der Waals surface area contributed by atoms with Crippen molar-refractivity contribution in [2.24, 2.45) is 0 Å². The van der Waals surface area contributed by atoms with E-state index in [0.717, 1.165) is 9.87 Å². The van der Waals surface area contributed by atoms with Crippen LogP contribution in [0.1, 0.15) is 12.0 Å². The van der Waals surface area contributed by atoms with Crippen LogP contribution >= 0.6 is 0 Å². The molecule has 7 nitrogen and oxygen atoms in total. The number of rotatable bonds is 8. The molecule has 0 amide bonds. The molecule has 2 aromatic carbocycles. The molecule has 0 bridgehead atoms. The van der Waals surface area contributed by atoms with Crippen LogP contribution in [-0.2, 0) is 14.8 Å². The summed E-state index contributed by atoms with van der Waals surface area (Å²) in [7, 11) is -1.05. The van der Waals surface area contributed by atoms with Crippen LogP contribution in [0.25, 0.3) is 0 Å². The van der Waals surface area contributed by atoms with Gasteiger partial charge < -0.3 is 14.6 Å². The number of carboxylic acid groups (broad SMARTS) is 1. The standard InChI is InChI=1S/C18H21NO6S/c1-13-4-6-17(7-5-13)26(22,23)19(9-8-18(20)21)14-10-15(24-2)12-16(11-14)25-3/h4-7,10-12H,8-9H2,1-3H3,(H,20,21). The Morgan fingerprint density at radius 1 is 1.04 bits per heavy atom. The Morgan fingerprint density at radius 3 is 2.04 bits per heavy atom. The lowest BCUT2D eigenvalue weighted by molar-refractivity contribution is -0.136. The van der Waals surface area contributed by atoms with Gasteiger partial charge in [0, 0.05) is 24.7 Å². The summed E-state index contributed by atoms with van der Waals surface area (Å²) < 4.78 is 37.6. The van der Waals surface area contributed by atoms with Gasteiger partial charge in [0.15, 0.2) is 0 Å². The minimum Gasteiger partial charge on any atom is -0.497 e. The zero-order valence-corrected chi connectivity index (χ0v) is 15.6. The Balaban J connectivity index is 2.56. The average Bonchev–Trinajstić information content (AvgIpc) is 2.61. The van der Waals surface area contributed by atoms with E-state index in [9.17, 15) is 13.2 Å². The van der Waals surface area contributed by atoms with Gasteiger partial charge in [-0.3, -0.25) is 9.10 Å². The summed E-state index contributed by atoms with van der Waals surface area (Å²) in [4.78, 5) is 11.1. The summed E-state index contributed by atoms with van der Waals surface area (Å²) in [6.45, 7) is 1.63. The number of ether oxygens (including phenoxy) is 2. The fourth-order valence-electron chi connectivity index (χ4n) is 2.36. The molecule has 8 heteroatoms. The Hall–Kier alpha value is -2.74. The minimum atomic E-state index is -3.96. The molecule has 0 unspecified atom stereocenters. The topological polar surface area (TPSA) is 93.1 Å². The van der Waals surface area contributed by atoms with Gasteiger partial charge in [-0.15, -0.1) is 0 Å². The highest BCUT2D eigenvalue weighted by Crippen LogP contribution is 2.32. The van der Waals surface area contributed by atoms with E-state index in [4.69, 9.17) is 14.6 Å². The number of aryl methyl sites for hydroxylation is 1. The van der Waals surface area contributed by atoms with Crippen molar-refractivity contribution in [3.05, 3.63) is 48.0 Å². The van der Waals surface area contributed by atoms with Crippen LogP contribution in [0.5, 0.6) is 11.5 Å². The summed E-state index contributed by atoms with van der Waals surface area (Å²) in [5.41, 5.74) is 1.19. The van der Waals surface area contributed by atoms with E-state index in [2.05, 4.69) is 0 Å². The molecule has 0 aliphatic carbocycles. The molecule has 0 atom stereocenters. The molecule has 1 N–H and O–H groups in total. The quantitative estimate of drug-likeness (QED) is 0.758. The molecular formula is C18H21NO6S. The fraction of sp³-hybridized carbons (Fsp3) is 0.278. The molecule has 2 aromatic rings. The number of hydrogen-bond acceptors (Lipinski definition) is 5. The maximum absolute atomic E-state index is 13.1. The summed E-state index contributed by atoms with van der Waals surface area (Å²) in [5, 5.41) is 9.01. The Morgan fingerprint density at radius 2 is 1.58 bits per heavy atom. The molecule has 0 fully saturated rings. The summed E-state index contributed by atoms with van der Waals surface area (Å²) in [5.74, 6) is -0.290. The highest BCUT2D eigenvalue weighted by Gasteiger charge is 2.26. The number of carbonyl (C=O) groups is 1. The van der Waals surface area contributed by atoms with E-state index in [0.29, 0.717) is 11.5 Å². The molecule has 140 valence electrons. The smallest absolute Gasteiger partial charge is 0.305 e. The van der Waals surface area contributed by atoms with Crippen LogP contribution in [0.3, 0.4) is 0 Å². The second-order valence-electron chi connectivity index (χ2n) is 5.60. The zero-order valence-electron chi connectivity index (χ0n) is 14.8. The number of carboxylic acids is 1. The van der Waals surface area contributed by atoms with Crippen LogP contribution in [0.4, 0.5) is 5.69 Å². The number of hydrogen-bond donors (Lipinski definition) is 1. The van der Waals surface area contributed by atoms with Gasteiger partial charge in [0.2, 0.25) is 0 Å². The predicted octanol–water partition coefficient (Wildman–Crippen LogP) is 2.68. The van der Waals surface area contributed by atoms with Gasteiger partial charge in [0.1, 0.15) is 11.5 Å². The van der Waals surface area contributed by atoms with Crippen LogP contribution in [-0.4, -0.2) is 40.3 Å². The second-order valence-corrected chi connectivity index (χ2v) is 7.47. The molecule has 0 radical (unpaired) electrons. The van der Waals surface area contributed by atoms with Gasteiger partial charge in [0.25, 0.3) is 10.0 Å². The second kappa shape index (κ2) is 8.09. The van der Waals surface area contributed by atoms with Crippen molar-refractivity contribution in [3.8, 4) is 11.5 Å². The number of nitrogens with zero attached hydrogens (tertiary/aromatic N) is 1.